The standard InChI is InChI=1S/C10H16N5O13P3.Ca/c11-8-5-9(13-2-12-8)15(3-14-5)10-7(17)6(16)4(26-10)1-25-30(21,22)28-31(23,24)27-29(18,19)20;/h2-4,6-7,10,16-17H,1H2,(H,21,22)(H,23,24)(H2,11,12,13)(H2,18,19,20);/q;+2/p-2/t4-,6-,7-,10-;/m1./s1. The molecule has 22 heteroatoms. The number of nitrogens with zero attached hydrogens (tertiary/aromatic N) is 4. The Morgan fingerprint density at radius 1 is 1.09 bits per heavy atom. The number of aliphatic hydroxyl groups excluding tert-OH is 2. The fourth-order valence-electron chi connectivity index (χ4n) is 2.62. The second-order valence-electron chi connectivity index (χ2n) is 5.97. The van der Waals surface area contributed by atoms with Gasteiger partial charge in [0.2, 0.25) is 0 Å². The summed E-state index contributed by atoms with van der Waals surface area (Å²) < 4.78 is 51.2. The van der Waals surface area contributed by atoms with Crippen molar-refractivity contribution in [1.82, 2.24) is 19.5 Å². The van der Waals surface area contributed by atoms with Crippen molar-refractivity contribution in [2.45, 2.75) is 24.5 Å². The van der Waals surface area contributed by atoms with E-state index in [0.717, 1.165) is 6.33 Å². The molecule has 6 atom stereocenters. The van der Waals surface area contributed by atoms with E-state index in [1.165, 1.54) is 10.9 Å². The molecular weight excluding hydrogens is 531 g/mol. The van der Waals surface area contributed by atoms with Crippen LogP contribution >= 0.6 is 23.5 Å². The molecule has 1 fully saturated rings. The second kappa shape index (κ2) is 10.3. The summed E-state index contributed by atoms with van der Waals surface area (Å²) in [4.78, 5) is 50.8. The maximum absolute atomic E-state index is 11.7. The molecule has 0 bridgehead atoms. The summed E-state index contributed by atoms with van der Waals surface area (Å²) in [5.41, 5.74) is 5.97. The molecule has 1 aliphatic heterocycles. The number of imidazole rings is 1. The van der Waals surface area contributed by atoms with Crippen molar-refractivity contribution in [3.8, 4) is 0 Å². The Balaban J connectivity index is 0.00000363. The molecule has 6 N–H and O–H groups in total. The molecule has 3 heterocycles. The third-order valence-electron chi connectivity index (χ3n) is 3.81. The molecule has 3 rings (SSSR count). The predicted molar refractivity (Wildman–Crippen MR) is 96.8 cm³/mol. The minimum Gasteiger partial charge on any atom is -0.789 e. The number of phosphoric ester groups is 1. The summed E-state index contributed by atoms with van der Waals surface area (Å²) in [6.45, 7) is -0.987. The molecule has 1 saturated heterocycles. The predicted octanol–water partition coefficient (Wildman–Crippen LogP) is -3.27. The van der Waals surface area contributed by atoms with Crippen LogP contribution in [0.25, 0.3) is 11.2 Å². The Morgan fingerprint density at radius 2 is 1.75 bits per heavy atom. The zero-order valence-electron chi connectivity index (χ0n) is 15.5. The molecule has 1 aliphatic rings. The molecule has 0 aliphatic carbocycles. The zero-order valence-corrected chi connectivity index (χ0v) is 20.4. The number of ether oxygens (including phenoxy) is 1. The van der Waals surface area contributed by atoms with Gasteiger partial charge in [0.15, 0.2) is 17.7 Å². The maximum atomic E-state index is 11.7. The zero-order chi connectivity index (χ0) is 23.2. The fourth-order valence-corrected chi connectivity index (χ4v) is 5.58. The summed E-state index contributed by atoms with van der Waals surface area (Å²) in [6.07, 6.45) is -3.79. The van der Waals surface area contributed by atoms with Gasteiger partial charge in [-0.05, 0) is 0 Å². The van der Waals surface area contributed by atoms with Crippen LogP contribution in [0.4, 0.5) is 5.82 Å². The van der Waals surface area contributed by atoms with Crippen LogP contribution in [-0.2, 0) is 31.6 Å². The SMILES string of the molecule is Nc1ncnc2c1ncn2[C@@H]1O[C@H](COP(=O)(O)OP(=O)(O)OP(=O)([O-])[O-])[C@@H](O)[C@H]1O.[Ca+2]. The third-order valence-corrected chi connectivity index (χ3v) is 7.56. The molecule has 18 nitrogen and oxygen atoms in total. The van der Waals surface area contributed by atoms with Gasteiger partial charge in [-0.25, -0.2) is 24.1 Å². The summed E-state index contributed by atoms with van der Waals surface area (Å²) >= 11 is 0. The van der Waals surface area contributed by atoms with E-state index < -0.39 is 54.6 Å². The van der Waals surface area contributed by atoms with Gasteiger partial charge in [0.05, 0.1) is 20.8 Å². The first-order chi connectivity index (χ1) is 14.2. The number of fused-ring (bicyclic) bond motifs is 1. The first-order valence-corrected chi connectivity index (χ1v) is 12.3. The van der Waals surface area contributed by atoms with Crippen molar-refractivity contribution in [2.24, 2.45) is 0 Å². The normalized spacial score (nSPS) is 27.6. The van der Waals surface area contributed by atoms with Crippen LogP contribution in [0.5, 0.6) is 0 Å². The first kappa shape index (κ1) is 28.1. The smallest absolute Gasteiger partial charge is 0.789 e. The van der Waals surface area contributed by atoms with Crippen molar-refractivity contribution < 1.29 is 61.4 Å². The van der Waals surface area contributed by atoms with Gasteiger partial charge in [-0.15, -0.1) is 0 Å². The van der Waals surface area contributed by atoms with Crippen LogP contribution in [0.15, 0.2) is 12.7 Å². The van der Waals surface area contributed by atoms with Crippen LogP contribution in [-0.4, -0.2) is 102 Å². The van der Waals surface area contributed by atoms with Crippen LogP contribution in [0.2, 0.25) is 0 Å². The number of anilines is 1. The first-order valence-electron chi connectivity index (χ1n) is 7.88. The molecule has 174 valence electrons. The van der Waals surface area contributed by atoms with Gasteiger partial charge in [-0.2, -0.15) is 4.31 Å². The molecule has 0 aromatic carbocycles. The van der Waals surface area contributed by atoms with E-state index >= 15 is 0 Å². The Bertz CT molecular complexity index is 1110. The van der Waals surface area contributed by atoms with Crippen LogP contribution in [0.1, 0.15) is 6.23 Å². The summed E-state index contributed by atoms with van der Waals surface area (Å²) in [5, 5.41) is 20.4. The van der Waals surface area contributed by atoms with E-state index in [9.17, 15) is 38.6 Å². The van der Waals surface area contributed by atoms with E-state index in [1.54, 1.807) is 0 Å². The van der Waals surface area contributed by atoms with Gasteiger partial charge < -0.3 is 44.8 Å². The number of aliphatic hydroxyl groups is 2. The minimum atomic E-state index is -6.04. The molecule has 0 amide bonds. The Labute approximate surface area is 207 Å². The Kier molecular flexibility index (Phi) is 9.02. The number of nitrogen functional groups attached to an aromatic ring is 1. The minimum absolute atomic E-state index is 0. The summed E-state index contributed by atoms with van der Waals surface area (Å²) in [5.74, 6) is 0.0337. The number of hydrogen-bond donors (Lipinski definition) is 5. The van der Waals surface area contributed by atoms with Crippen molar-refractivity contribution in [3.63, 3.8) is 0 Å². The number of hydrogen-bond acceptors (Lipinski definition) is 15. The molecular formula is C10H14CaN5O13P3. The van der Waals surface area contributed by atoms with E-state index in [1.807, 2.05) is 0 Å². The number of nitrogens with two attached hydrogens (primary N) is 1. The van der Waals surface area contributed by atoms with Crippen molar-refractivity contribution in [1.29, 1.82) is 0 Å². The largest absolute Gasteiger partial charge is 2.00 e. The number of aromatic nitrogens is 4. The van der Waals surface area contributed by atoms with Crippen LogP contribution in [0.3, 0.4) is 0 Å². The fraction of sp³-hybridized carbons (Fsp3) is 0.500. The average Bonchev–Trinajstić information content (AvgIpc) is 3.13. The average molecular weight is 545 g/mol. The topological polar surface area (TPSA) is 285 Å². The van der Waals surface area contributed by atoms with Crippen molar-refractivity contribution in [3.05, 3.63) is 12.7 Å². The van der Waals surface area contributed by atoms with Gasteiger partial charge in [-0.1, -0.05) is 0 Å². The second-order valence-corrected chi connectivity index (χ2v) is 10.3. The van der Waals surface area contributed by atoms with Crippen molar-refractivity contribution in [2.75, 3.05) is 12.3 Å². The number of phosphoric acid groups is 3. The molecule has 0 saturated carbocycles. The van der Waals surface area contributed by atoms with Crippen LogP contribution < -0.4 is 15.5 Å². The monoisotopic (exact) mass is 545 g/mol. The van der Waals surface area contributed by atoms with E-state index in [-0.39, 0.29) is 54.7 Å². The van der Waals surface area contributed by atoms with Gasteiger partial charge in [0, 0.05) is 0 Å². The van der Waals surface area contributed by atoms with E-state index in [2.05, 4.69) is 28.1 Å². The van der Waals surface area contributed by atoms with E-state index in [4.69, 9.17) is 15.4 Å². The van der Waals surface area contributed by atoms with Crippen molar-refractivity contribution >= 4 is 78.2 Å². The van der Waals surface area contributed by atoms with Crippen LogP contribution in [0, 0.1) is 0 Å². The Hall–Kier alpha value is -0.100. The van der Waals surface area contributed by atoms with Gasteiger partial charge in [0.1, 0.15) is 30.2 Å². The summed E-state index contributed by atoms with van der Waals surface area (Å²) in [6, 6.07) is 0. The maximum Gasteiger partial charge on any atom is 2.00 e. The van der Waals surface area contributed by atoms with Gasteiger partial charge >= 0.3 is 53.4 Å². The van der Waals surface area contributed by atoms with Gasteiger partial charge in [0.25, 0.3) is 0 Å². The molecule has 2 aromatic rings. The Morgan fingerprint density at radius 3 is 2.38 bits per heavy atom. The molecule has 32 heavy (non-hydrogen) atoms. The molecule has 2 aromatic heterocycles. The van der Waals surface area contributed by atoms with Gasteiger partial charge in [-0.3, -0.25) is 13.4 Å². The quantitative estimate of drug-likeness (QED) is 0.160. The third kappa shape index (κ3) is 6.73. The molecule has 2 unspecified atom stereocenters. The molecule has 0 spiro atoms. The summed E-state index contributed by atoms with van der Waals surface area (Å²) in [7, 11) is -17.4. The molecule has 0 radical (unpaired) electrons. The van der Waals surface area contributed by atoms with E-state index in [0.29, 0.717) is 0 Å². The number of rotatable bonds is 8.